The molecule has 11 rings (SSSR count). The van der Waals surface area contributed by atoms with Crippen LogP contribution in [0.25, 0.3) is 44.2 Å². The summed E-state index contributed by atoms with van der Waals surface area (Å²) in [6.45, 7) is 0. The number of nitrogens with zero attached hydrogens (tertiary/aromatic N) is 2. The Morgan fingerprint density at radius 2 is 1.12 bits per heavy atom. The van der Waals surface area contributed by atoms with E-state index in [9.17, 15) is 0 Å². The maximum absolute atomic E-state index is 6.75. The molecule has 234 valence electrons. The molecule has 4 heteroatoms. The minimum absolute atomic E-state index is 0.370. The highest BCUT2D eigenvalue weighted by Crippen LogP contribution is 2.64. The molecule has 2 aliphatic carbocycles. The summed E-state index contributed by atoms with van der Waals surface area (Å²) in [6.07, 6.45) is -0.370. The van der Waals surface area contributed by atoms with E-state index in [1.165, 1.54) is 44.5 Å². The fourth-order valence-electron chi connectivity index (χ4n) is 8.66. The lowest BCUT2D eigenvalue weighted by Gasteiger charge is -2.31. The molecule has 7 aromatic carbocycles. The molecule has 1 spiro atoms. The Hall–Kier alpha value is -6.52. The van der Waals surface area contributed by atoms with E-state index in [0.717, 1.165) is 50.3 Å². The van der Waals surface area contributed by atoms with E-state index in [1.54, 1.807) is 0 Å². The molecule has 1 N–H and O–H groups in total. The highest BCUT2D eigenvalue weighted by atomic mass is 16.3. The molecule has 1 aliphatic heterocycles. The third-order valence-electron chi connectivity index (χ3n) is 10.8. The summed E-state index contributed by atoms with van der Waals surface area (Å²) < 4.78 is 6.75. The zero-order valence-corrected chi connectivity index (χ0v) is 27.0. The van der Waals surface area contributed by atoms with E-state index >= 15 is 0 Å². The van der Waals surface area contributed by atoms with Crippen LogP contribution in [0.2, 0.25) is 0 Å². The topological polar surface area (TPSA) is 49.9 Å². The van der Waals surface area contributed by atoms with Crippen LogP contribution in [0.3, 0.4) is 0 Å². The van der Waals surface area contributed by atoms with Crippen LogP contribution >= 0.6 is 0 Å². The van der Waals surface area contributed by atoms with Gasteiger partial charge in [0.05, 0.1) is 5.41 Å². The van der Waals surface area contributed by atoms with Crippen molar-refractivity contribution in [2.75, 3.05) is 0 Å². The van der Waals surface area contributed by atoms with Crippen LogP contribution in [0, 0.1) is 0 Å². The largest absolute Gasteiger partial charge is 0.455 e. The van der Waals surface area contributed by atoms with Crippen LogP contribution in [-0.4, -0.2) is 11.7 Å². The average molecular weight is 640 g/mol. The van der Waals surface area contributed by atoms with Gasteiger partial charge in [-0.05, 0) is 56.6 Å². The number of hydrogen-bond donors (Lipinski definition) is 1. The SMILES string of the molecule is c1ccc(C2=NC(c3ccccc3)N=C(c3ccc4c(c3)C3(c5ccccc5-c5ccccc53)c3ccc5c(oc6ccccc65)c3-4)N2)cc1. The molecule has 0 bridgehead atoms. The van der Waals surface area contributed by atoms with Gasteiger partial charge in [-0.3, -0.25) is 0 Å². The fraction of sp³-hybridized carbons (Fsp3) is 0.0435. The first kappa shape index (κ1) is 27.4. The van der Waals surface area contributed by atoms with Crippen molar-refractivity contribution >= 4 is 33.6 Å². The third kappa shape index (κ3) is 3.65. The molecular weight excluding hydrogens is 611 g/mol. The van der Waals surface area contributed by atoms with E-state index in [1.807, 2.05) is 30.3 Å². The Balaban J connectivity index is 1.19. The number of nitrogens with one attached hydrogen (secondary N) is 1. The van der Waals surface area contributed by atoms with Gasteiger partial charge < -0.3 is 9.73 Å². The molecule has 0 amide bonds. The standard InChI is InChI=1S/C46H29N3O/c1-3-13-28(14-4-1)43-47-44(29-15-5-2-6-16-29)49-45(48-43)30-23-24-35-39(27-30)46(36-20-10-7-17-31(36)32-18-8-11-21-37(32)46)38-26-25-34-33-19-9-12-22-40(33)50-42(34)41(35)38/h1-27,43H,(H,47,48,49). The lowest BCUT2D eigenvalue weighted by Crippen LogP contribution is -2.36. The normalized spacial score (nSPS) is 16.4. The first-order valence-electron chi connectivity index (χ1n) is 17.1. The van der Waals surface area contributed by atoms with Crippen molar-refractivity contribution in [3.8, 4) is 22.3 Å². The van der Waals surface area contributed by atoms with Crippen molar-refractivity contribution in [1.82, 2.24) is 5.32 Å². The van der Waals surface area contributed by atoms with E-state index in [-0.39, 0.29) is 6.17 Å². The Morgan fingerprint density at radius 1 is 0.480 bits per heavy atom. The fourth-order valence-corrected chi connectivity index (χ4v) is 8.66. The monoisotopic (exact) mass is 639 g/mol. The molecule has 0 saturated carbocycles. The smallest absolute Gasteiger partial charge is 0.169 e. The molecule has 1 atom stereocenters. The minimum Gasteiger partial charge on any atom is -0.455 e. The van der Waals surface area contributed by atoms with Crippen LogP contribution < -0.4 is 5.32 Å². The number of para-hydroxylation sites is 1. The van der Waals surface area contributed by atoms with E-state index in [0.29, 0.717) is 0 Å². The lowest BCUT2D eigenvalue weighted by atomic mass is 9.70. The summed E-state index contributed by atoms with van der Waals surface area (Å²) in [5.41, 5.74) is 14.4. The Morgan fingerprint density at radius 3 is 1.88 bits per heavy atom. The van der Waals surface area contributed by atoms with Crippen molar-refractivity contribution < 1.29 is 4.42 Å². The van der Waals surface area contributed by atoms with Crippen LogP contribution in [-0.2, 0) is 5.41 Å². The molecule has 8 aromatic rings. The van der Waals surface area contributed by atoms with Crippen molar-refractivity contribution in [3.05, 3.63) is 203 Å². The molecule has 2 heterocycles. The van der Waals surface area contributed by atoms with Gasteiger partial charge in [-0.25, -0.2) is 9.98 Å². The summed E-state index contributed by atoms with van der Waals surface area (Å²) in [5.74, 6) is 1.61. The maximum Gasteiger partial charge on any atom is 0.169 e. The van der Waals surface area contributed by atoms with Gasteiger partial charge in [0, 0.05) is 27.5 Å². The Labute approximate surface area is 289 Å². The maximum atomic E-state index is 6.75. The zero-order valence-electron chi connectivity index (χ0n) is 27.0. The second-order valence-corrected chi connectivity index (χ2v) is 13.3. The van der Waals surface area contributed by atoms with Crippen molar-refractivity contribution in [3.63, 3.8) is 0 Å². The Kier molecular flexibility index (Phi) is 5.62. The van der Waals surface area contributed by atoms with Gasteiger partial charge in [-0.2, -0.15) is 0 Å². The molecule has 0 fully saturated rings. The van der Waals surface area contributed by atoms with Crippen LogP contribution in [0.4, 0.5) is 0 Å². The van der Waals surface area contributed by atoms with Gasteiger partial charge >= 0.3 is 0 Å². The van der Waals surface area contributed by atoms with Crippen LogP contribution in [0.1, 0.15) is 45.1 Å². The van der Waals surface area contributed by atoms with Gasteiger partial charge in [-0.15, -0.1) is 0 Å². The zero-order chi connectivity index (χ0) is 32.8. The average Bonchev–Trinajstić information content (AvgIpc) is 3.82. The summed E-state index contributed by atoms with van der Waals surface area (Å²) >= 11 is 0. The van der Waals surface area contributed by atoms with E-state index in [2.05, 4.69) is 139 Å². The van der Waals surface area contributed by atoms with E-state index in [4.69, 9.17) is 14.4 Å². The number of amidine groups is 2. The van der Waals surface area contributed by atoms with Crippen LogP contribution in [0.5, 0.6) is 0 Å². The van der Waals surface area contributed by atoms with Gasteiger partial charge in [0.1, 0.15) is 22.8 Å². The molecule has 0 radical (unpaired) electrons. The lowest BCUT2D eigenvalue weighted by molar-refractivity contribution is 0.669. The number of furan rings is 1. The predicted octanol–water partition coefficient (Wildman–Crippen LogP) is 10.4. The molecular formula is C46H29N3O. The van der Waals surface area contributed by atoms with Crippen molar-refractivity contribution in [2.24, 2.45) is 9.98 Å². The number of aliphatic imine (C=N–C) groups is 2. The number of rotatable bonds is 3. The predicted molar refractivity (Wildman–Crippen MR) is 202 cm³/mol. The van der Waals surface area contributed by atoms with Gasteiger partial charge in [0.15, 0.2) is 6.17 Å². The second kappa shape index (κ2) is 10.2. The quantitative estimate of drug-likeness (QED) is 0.209. The van der Waals surface area contributed by atoms with Crippen molar-refractivity contribution in [1.29, 1.82) is 0 Å². The molecule has 50 heavy (non-hydrogen) atoms. The van der Waals surface area contributed by atoms with Gasteiger partial charge in [0.25, 0.3) is 0 Å². The van der Waals surface area contributed by atoms with Crippen LogP contribution in [0.15, 0.2) is 178 Å². The number of benzene rings is 7. The first-order chi connectivity index (χ1) is 24.8. The van der Waals surface area contributed by atoms with Gasteiger partial charge in [0.2, 0.25) is 0 Å². The first-order valence-corrected chi connectivity index (χ1v) is 17.1. The molecule has 0 saturated heterocycles. The second-order valence-electron chi connectivity index (χ2n) is 13.3. The van der Waals surface area contributed by atoms with Crippen molar-refractivity contribution in [2.45, 2.75) is 11.6 Å². The minimum atomic E-state index is -0.522. The highest BCUT2D eigenvalue weighted by Gasteiger charge is 2.52. The molecule has 1 aromatic heterocycles. The highest BCUT2D eigenvalue weighted by molar-refractivity contribution is 6.17. The Bertz CT molecular complexity index is 2690. The molecule has 3 aliphatic rings. The summed E-state index contributed by atoms with van der Waals surface area (Å²) in [4.78, 5) is 10.3. The van der Waals surface area contributed by atoms with E-state index < -0.39 is 5.41 Å². The summed E-state index contributed by atoms with van der Waals surface area (Å²) in [6, 6.07) is 58.3. The number of hydrogen-bond acceptors (Lipinski definition) is 4. The third-order valence-corrected chi connectivity index (χ3v) is 10.8. The molecule has 1 unspecified atom stereocenters. The van der Waals surface area contributed by atoms with Gasteiger partial charge in [-0.1, -0.05) is 152 Å². The number of fused-ring (bicyclic) bond motifs is 14. The summed E-state index contributed by atoms with van der Waals surface area (Å²) in [5, 5.41) is 5.92. The summed E-state index contributed by atoms with van der Waals surface area (Å²) in [7, 11) is 0. The molecule has 4 nitrogen and oxygen atoms in total.